The van der Waals surface area contributed by atoms with E-state index in [1.807, 2.05) is 36.6 Å². The first-order valence-corrected chi connectivity index (χ1v) is 8.21. The van der Waals surface area contributed by atoms with Gasteiger partial charge in [0.25, 0.3) is 0 Å². The van der Waals surface area contributed by atoms with Crippen LogP contribution in [-0.4, -0.2) is 16.7 Å². The highest BCUT2D eigenvalue weighted by Gasteiger charge is 2.32. The fourth-order valence-corrected chi connectivity index (χ4v) is 3.79. The van der Waals surface area contributed by atoms with Crippen molar-refractivity contribution >= 4 is 46.1 Å². The Labute approximate surface area is 132 Å². The quantitative estimate of drug-likeness (QED) is 0.696. The zero-order valence-electron chi connectivity index (χ0n) is 10.5. The van der Waals surface area contributed by atoms with Gasteiger partial charge in [-0.05, 0) is 24.6 Å². The van der Waals surface area contributed by atoms with Crippen LogP contribution in [0.1, 0.15) is 16.3 Å². The number of rotatable bonds is 5. The number of aromatic nitrogens is 1. The molecule has 0 spiro atoms. The number of alkyl halides is 2. The fourth-order valence-electron chi connectivity index (χ4n) is 1.96. The summed E-state index contributed by atoms with van der Waals surface area (Å²) in [6.45, 7) is 1.99. The van der Waals surface area contributed by atoms with Crippen LogP contribution >= 0.6 is 46.1 Å². The average Bonchev–Trinajstić information content (AvgIpc) is 2.82. The van der Waals surface area contributed by atoms with Crippen molar-refractivity contribution in [2.45, 2.75) is 18.8 Å². The van der Waals surface area contributed by atoms with E-state index in [0.29, 0.717) is 16.8 Å². The fraction of sp³-hybridized carbons (Fsp3) is 0.357. The van der Waals surface area contributed by atoms with Crippen LogP contribution in [0.15, 0.2) is 29.6 Å². The maximum absolute atomic E-state index is 6.21. The molecular formula is C14H14Cl3NS. The zero-order valence-corrected chi connectivity index (χ0v) is 13.6. The zero-order chi connectivity index (χ0) is 13.9. The molecule has 0 radical (unpaired) electrons. The number of benzene rings is 1. The van der Waals surface area contributed by atoms with Crippen LogP contribution < -0.4 is 0 Å². The van der Waals surface area contributed by atoms with Gasteiger partial charge in [-0.2, -0.15) is 0 Å². The summed E-state index contributed by atoms with van der Waals surface area (Å²) in [5, 5.41) is 3.82. The molecule has 1 aromatic heterocycles. The van der Waals surface area contributed by atoms with Crippen LogP contribution in [0.3, 0.4) is 0 Å². The monoisotopic (exact) mass is 333 g/mol. The summed E-state index contributed by atoms with van der Waals surface area (Å²) < 4.78 is 0. The topological polar surface area (TPSA) is 12.9 Å². The molecule has 102 valence electrons. The number of hydrogen-bond acceptors (Lipinski definition) is 2. The third-order valence-electron chi connectivity index (χ3n) is 3.12. The maximum atomic E-state index is 6.21. The van der Waals surface area contributed by atoms with Crippen LogP contribution in [0.25, 0.3) is 0 Å². The molecule has 0 fully saturated rings. The van der Waals surface area contributed by atoms with Crippen LogP contribution in [0, 0.1) is 6.92 Å². The van der Waals surface area contributed by atoms with Crippen molar-refractivity contribution in [3.8, 4) is 0 Å². The molecule has 1 nitrogen and oxygen atoms in total. The largest absolute Gasteiger partial charge is 0.247 e. The molecule has 0 aliphatic rings. The van der Waals surface area contributed by atoms with Crippen LogP contribution in [0.5, 0.6) is 0 Å². The Hall–Kier alpha value is -0.280. The van der Waals surface area contributed by atoms with Crippen molar-refractivity contribution in [2.75, 3.05) is 11.8 Å². The summed E-state index contributed by atoms with van der Waals surface area (Å²) in [6.07, 6.45) is 0.750. The molecule has 0 saturated carbocycles. The van der Waals surface area contributed by atoms with E-state index in [0.717, 1.165) is 22.7 Å². The molecule has 0 aliphatic heterocycles. The van der Waals surface area contributed by atoms with Gasteiger partial charge in [-0.15, -0.1) is 34.5 Å². The third-order valence-corrected chi connectivity index (χ3v) is 5.37. The van der Waals surface area contributed by atoms with E-state index in [4.69, 9.17) is 34.8 Å². The number of aryl methyl sites for hydroxylation is 1. The highest BCUT2D eigenvalue weighted by molar-refractivity contribution is 7.09. The molecule has 0 N–H and O–H groups in total. The second kappa shape index (κ2) is 6.45. The summed E-state index contributed by atoms with van der Waals surface area (Å²) in [7, 11) is 0. The van der Waals surface area contributed by atoms with Gasteiger partial charge >= 0.3 is 0 Å². The van der Waals surface area contributed by atoms with Gasteiger partial charge in [0.15, 0.2) is 0 Å². The molecule has 0 amide bonds. The number of halogens is 3. The maximum Gasteiger partial charge on any atom is 0.0937 e. The van der Waals surface area contributed by atoms with Crippen molar-refractivity contribution in [1.29, 1.82) is 0 Å². The Bertz CT molecular complexity index is 532. The van der Waals surface area contributed by atoms with E-state index >= 15 is 0 Å². The van der Waals surface area contributed by atoms with Gasteiger partial charge < -0.3 is 0 Å². The smallest absolute Gasteiger partial charge is 0.0937 e. The average molecular weight is 335 g/mol. The molecule has 19 heavy (non-hydrogen) atoms. The summed E-state index contributed by atoms with van der Waals surface area (Å²) >= 11 is 20.0. The summed E-state index contributed by atoms with van der Waals surface area (Å²) in [5.74, 6) is 0.910. The summed E-state index contributed by atoms with van der Waals surface area (Å²) in [5.41, 5.74) is 1.85. The van der Waals surface area contributed by atoms with Gasteiger partial charge in [0.05, 0.1) is 5.01 Å². The summed E-state index contributed by atoms with van der Waals surface area (Å²) in [4.78, 5) is 4.51. The second-order valence-electron chi connectivity index (χ2n) is 4.61. The van der Waals surface area contributed by atoms with E-state index in [2.05, 4.69) is 4.98 Å². The molecule has 0 atom stereocenters. The van der Waals surface area contributed by atoms with E-state index in [1.54, 1.807) is 11.3 Å². The van der Waals surface area contributed by atoms with Crippen molar-refractivity contribution in [2.24, 2.45) is 0 Å². The van der Waals surface area contributed by atoms with Gasteiger partial charge in [-0.25, -0.2) is 4.98 Å². The first-order chi connectivity index (χ1) is 9.09. The van der Waals surface area contributed by atoms with Gasteiger partial charge in [0.1, 0.15) is 0 Å². The van der Waals surface area contributed by atoms with Crippen molar-refractivity contribution in [3.63, 3.8) is 0 Å². The van der Waals surface area contributed by atoms with Crippen LogP contribution in [-0.2, 0) is 11.8 Å². The number of thiazole rings is 1. The lowest BCUT2D eigenvalue weighted by Gasteiger charge is -2.29. The predicted molar refractivity (Wildman–Crippen MR) is 85.1 cm³/mol. The lowest BCUT2D eigenvalue weighted by Crippen LogP contribution is -2.33. The van der Waals surface area contributed by atoms with Gasteiger partial charge in [-0.3, -0.25) is 0 Å². The van der Waals surface area contributed by atoms with Crippen molar-refractivity contribution < 1.29 is 0 Å². The Kier molecular flexibility index (Phi) is 5.13. The molecule has 0 saturated heterocycles. The highest BCUT2D eigenvalue weighted by atomic mass is 35.5. The molecule has 5 heteroatoms. The second-order valence-corrected chi connectivity index (χ2v) is 6.53. The summed E-state index contributed by atoms with van der Waals surface area (Å²) in [6, 6.07) is 7.73. The van der Waals surface area contributed by atoms with E-state index in [1.165, 1.54) is 0 Å². The minimum atomic E-state index is -0.294. The van der Waals surface area contributed by atoms with E-state index in [-0.39, 0.29) is 5.41 Å². The first kappa shape index (κ1) is 15.1. The van der Waals surface area contributed by atoms with Crippen molar-refractivity contribution in [1.82, 2.24) is 4.98 Å². The molecule has 2 aromatic rings. The molecular weight excluding hydrogens is 321 g/mol. The number of nitrogens with zero attached hydrogens (tertiary/aromatic N) is 1. The molecule has 0 bridgehead atoms. The standard InChI is InChI=1S/C14H14Cl3NS/c1-10-7-19-13(18-10)6-14(8-15,9-16)11-2-4-12(17)5-3-11/h2-5,7H,6,8-9H2,1H3. The lowest BCUT2D eigenvalue weighted by molar-refractivity contribution is 0.534. The van der Waals surface area contributed by atoms with Crippen LogP contribution in [0.2, 0.25) is 5.02 Å². The molecule has 2 rings (SSSR count). The molecule has 1 heterocycles. The Morgan fingerprint density at radius 3 is 2.26 bits per heavy atom. The first-order valence-electron chi connectivity index (χ1n) is 5.88. The molecule has 0 unspecified atom stereocenters. The third kappa shape index (κ3) is 3.43. The normalized spacial score (nSPS) is 11.8. The van der Waals surface area contributed by atoms with E-state index in [9.17, 15) is 0 Å². The van der Waals surface area contributed by atoms with Gasteiger partial charge in [-0.1, -0.05) is 23.7 Å². The Morgan fingerprint density at radius 1 is 1.16 bits per heavy atom. The lowest BCUT2D eigenvalue weighted by atomic mass is 9.81. The Morgan fingerprint density at radius 2 is 1.79 bits per heavy atom. The van der Waals surface area contributed by atoms with Gasteiger partial charge in [0.2, 0.25) is 0 Å². The van der Waals surface area contributed by atoms with Crippen LogP contribution in [0.4, 0.5) is 0 Å². The van der Waals surface area contributed by atoms with Gasteiger partial charge in [0, 0.05) is 39.7 Å². The van der Waals surface area contributed by atoms with Crippen molar-refractivity contribution in [3.05, 3.63) is 50.9 Å². The molecule has 0 aliphatic carbocycles. The van der Waals surface area contributed by atoms with E-state index < -0.39 is 0 Å². The highest BCUT2D eigenvalue weighted by Crippen LogP contribution is 2.33. The minimum absolute atomic E-state index is 0.294. The number of hydrogen-bond donors (Lipinski definition) is 0. The SMILES string of the molecule is Cc1csc(CC(CCl)(CCl)c2ccc(Cl)cc2)n1. The minimum Gasteiger partial charge on any atom is -0.247 e. The molecule has 1 aromatic carbocycles. The Balaban J connectivity index is 2.33. The predicted octanol–water partition coefficient (Wildman–Crippen LogP) is 5.06.